The standard InChI is InChI=1S/C23H23F2N5O4/c1-33-18-5-3-13(24)9-16(18)23(32)28-10-12-2-4-15(17(25)8-12)20-19(22(27)31)21(26)30(29-20)14-6-7-34-11-14/h2-5,8-9,14H,6-7,10-11,26H2,1H3,(H2,27,31)(H,28,32). The van der Waals surface area contributed by atoms with E-state index in [0.29, 0.717) is 25.2 Å². The third-order valence-corrected chi connectivity index (χ3v) is 5.59. The maximum atomic E-state index is 15.1. The number of nitrogens with two attached hydrogens (primary N) is 2. The van der Waals surface area contributed by atoms with Crippen LogP contribution in [0.5, 0.6) is 5.75 Å². The minimum Gasteiger partial charge on any atom is -0.496 e. The Morgan fingerprint density at radius 3 is 2.71 bits per heavy atom. The van der Waals surface area contributed by atoms with Gasteiger partial charge in [0.15, 0.2) is 0 Å². The smallest absolute Gasteiger partial charge is 0.255 e. The molecule has 1 aromatic heterocycles. The molecular weight excluding hydrogens is 448 g/mol. The fraction of sp³-hybridized carbons (Fsp3) is 0.261. The first-order valence-electron chi connectivity index (χ1n) is 10.5. The number of nitrogen functional groups attached to an aromatic ring is 1. The summed E-state index contributed by atoms with van der Waals surface area (Å²) in [5.74, 6) is -2.41. The lowest BCUT2D eigenvalue weighted by Crippen LogP contribution is -2.23. The van der Waals surface area contributed by atoms with Gasteiger partial charge in [-0.1, -0.05) is 6.07 Å². The number of carbonyl (C=O) groups excluding carboxylic acids is 2. The molecule has 34 heavy (non-hydrogen) atoms. The number of amides is 2. The molecule has 178 valence electrons. The lowest BCUT2D eigenvalue weighted by atomic mass is 10.0. The van der Waals surface area contributed by atoms with E-state index in [1.807, 2.05) is 0 Å². The summed E-state index contributed by atoms with van der Waals surface area (Å²) in [6.45, 7) is 0.872. The Labute approximate surface area is 193 Å². The second-order valence-electron chi connectivity index (χ2n) is 7.78. The zero-order valence-corrected chi connectivity index (χ0v) is 18.3. The van der Waals surface area contributed by atoms with E-state index >= 15 is 4.39 Å². The van der Waals surface area contributed by atoms with Crippen molar-refractivity contribution in [3.8, 4) is 17.0 Å². The first-order valence-corrected chi connectivity index (χ1v) is 10.5. The average molecular weight is 471 g/mol. The molecule has 1 aliphatic heterocycles. The molecule has 1 fully saturated rings. The Balaban J connectivity index is 1.57. The third-order valence-electron chi connectivity index (χ3n) is 5.59. The number of carbonyl (C=O) groups is 2. The van der Waals surface area contributed by atoms with E-state index in [0.717, 1.165) is 6.07 Å². The summed E-state index contributed by atoms with van der Waals surface area (Å²) >= 11 is 0. The number of rotatable bonds is 7. The van der Waals surface area contributed by atoms with Crippen molar-refractivity contribution in [2.75, 3.05) is 26.1 Å². The van der Waals surface area contributed by atoms with Crippen LogP contribution in [0, 0.1) is 11.6 Å². The molecule has 1 aliphatic rings. The van der Waals surface area contributed by atoms with Gasteiger partial charge in [-0.15, -0.1) is 0 Å². The number of nitrogens with one attached hydrogen (secondary N) is 1. The number of aromatic nitrogens is 2. The highest BCUT2D eigenvalue weighted by molar-refractivity contribution is 6.03. The van der Waals surface area contributed by atoms with E-state index in [-0.39, 0.29) is 46.5 Å². The highest BCUT2D eigenvalue weighted by Gasteiger charge is 2.28. The Hall–Kier alpha value is -3.99. The fourth-order valence-corrected chi connectivity index (χ4v) is 3.87. The van der Waals surface area contributed by atoms with E-state index in [1.165, 1.54) is 36.1 Å². The molecule has 3 aromatic rings. The van der Waals surface area contributed by atoms with Crippen LogP contribution in [0.15, 0.2) is 36.4 Å². The Kier molecular flexibility index (Phi) is 6.46. The first kappa shape index (κ1) is 23.2. The zero-order chi connectivity index (χ0) is 24.4. The topological polar surface area (TPSA) is 134 Å². The number of benzene rings is 2. The van der Waals surface area contributed by atoms with Crippen molar-refractivity contribution >= 4 is 17.6 Å². The van der Waals surface area contributed by atoms with Crippen molar-refractivity contribution < 1.29 is 27.8 Å². The zero-order valence-electron chi connectivity index (χ0n) is 18.3. The number of halogens is 2. The molecule has 2 heterocycles. The molecule has 0 saturated carbocycles. The van der Waals surface area contributed by atoms with E-state index in [1.54, 1.807) is 6.07 Å². The van der Waals surface area contributed by atoms with Gasteiger partial charge in [0.05, 0.1) is 25.3 Å². The molecule has 11 heteroatoms. The van der Waals surface area contributed by atoms with Gasteiger partial charge in [0.25, 0.3) is 11.8 Å². The van der Waals surface area contributed by atoms with E-state index in [2.05, 4.69) is 10.4 Å². The van der Waals surface area contributed by atoms with Gasteiger partial charge >= 0.3 is 0 Å². The average Bonchev–Trinajstić information content (AvgIpc) is 3.45. The van der Waals surface area contributed by atoms with Crippen molar-refractivity contribution in [2.24, 2.45) is 5.73 Å². The molecule has 1 unspecified atom stereocenters. The Bertz CT molecular complexity index is 1250. The molecule has 2 aromatic carbocycles. The van der Waals surface area contributed by atoms with Crippen LogP contribution in [0.2, 0.25) is 0 Å². The predicted octanol–water partition coefficient (Wildman–Crippen LogP) is 2.41. The highest BCUT2D eigenvalue weighted by Crippen LogP contribution is 2.33. The number of nitrogens with zero attached hydrogens (tertiary/aromatic N) is 2. The van der Waals surface area contributed by atoms with Crippen LogP contribution in [0.25, 0.3) is 11.3 Å². The molecule has 2 amide bonds. The van der Waals surface area contributed by atoms with E-state index < -0.39 is 23.4 Å². The summed E-state index contributed by atoms with van der Waals surface area (Å²) in [6.07, 6.45) is 0.654. The lowest BCUT2D eigenvalue weighted by molar-refractivity contribution is 0.0946. The number of hydrogen-bond donors (Lipinski definition) is 3. The van der Waals surface area contributed by atoms with Crippen LogP contribution in [0.1, 0.15) is 38.7 Å². The minimum atomic E-state index is -0.822. The summed E-state index contributed by atoms with van der Waals surface area (Å²) in [6, 6.07) is 7.61. The molecule has 5 N–H and O–H groups in total. The molecule has 1 atom stereocenters. The van der Waals surface area contributed by atoms with E-state index in [9.17, 15) is 14.0 Å². The molecule has 0 aliphatic carbocycles. The normalized spacial score (nSPS) is 15.3. The van der Waals surface area contributed by atoms with E-state index in [4.69, 9.17) is 20.9 Å². The summed E-state index contributed by atoms with van der Waals surface area (Å²) in [5, 5.41) is 6.97. The monoisotopic (exact) mass is 471 g/mol. The molecular formula is C23H23F2N5O4. The second-order valence-corrected chi connectivity index (χ2v) is 7.78. The van der Waals surface area contributed by atoms with Crippen molar-refractivity contribution in [3.05, 3.63) is 64.7 Å². The van der Waals surface area contributed by atoms with Gasteiger partial charge in [-0.2, -0.15) is 5.10 Å². The molecule has 1 saturated heterocycles. The van der Waals surface area contributed by atoms with Gasteiger partial charge in [-0.25, -0.2) is 13.5 Å². The second kappa shape index (κ2) is 9.48. The molecule has 0 bridgehead atoms. The van der Waals surface area contributed by atoms with Crippen molar-refractivity contribution in [3.63, 3.8) is 0 Å². The number of ether oxygens (including phenoxy) is 2. The molecule has 9 nitrogen and oxygen atoms in total. The fourth-order valence-electron chi connectivity index (χ4n) is 3.87. The van der Waals surface area contributed by atoms with Gasteiger partial charge in [-0.05, 0) is 42.3 Å². The van der Waals surface area contributed by atoms with Crippen LogP contribution in [0.3, 0.4) is 0 Å². The molecule has 0 spiro atoms. The van der Waals surface area contributed by atoms with Crippen LogP contribution >= 0.6 is 0 Å². The minimum absolute atomic E-state index is 0.0163. The highest BCUT2D eigenvalue weighted by atomic mass is 19.1. The van der Waals surface area contributed by atoms with Crippen LogP contribution in [0.4, 0.5) is 14.6 Å². The number of primary amides is 1. The summed E-state index contributed by atoms with van der Waals surface area (Å²) < 4.78 is 40.5. The largest absolute Gasteiger partial charge is 0.496 e. The maximum absolute atomic E-state index is 15.1. The quantitative estimate of drug-likeness (QED) is 0.484. The third kappa shape index (κ3) is 4.42. The van der Waals surface area contributed by atoms with Gasteiger partial charge in [0.2, 0.25) is 0 Å². The summed E-state index contributed by atoms with van der Waals surface area (Å²) in [7, 11) is 1.37. The SMILES string of the molecule is COc1ccc(F)cc1C(=O)NCc1ccc(-c2nn(C3CCOC3)c(N)c2C(N)=O)c(F)c1. The van der Waals surface area contributed by atoms with Crippen LogP contribution in [-0.2, 0) is 11.3 Å². The Morgan fingerprint density at radius 2 is 2.06 bits per heavy atom. The van der Waals surface area contributed by atoms with Gasteiger partial charge in [-0.3, -0.25) is 9.59 Å². The predicted molar refractivity (Wildman–Crippen MR) is 119 cm³/mol. The maximum Gasteiger partial charge on any atom is 0.255 e. The Morgan fingerprint density at radius 1 is 1.26 bits per heavy atom. The lowest BCUT2D eigenvalue weighted by Gasteiger charge is -2.10. The number of methoxy groups -OCH3 is 1. The number of anilines is 1. The van der Waals surface area contributed by atoms with Gasteiger partial charge in [0, 0.05) is 18.7 Å². The summed E-state index contributed by atoms with van der Waals surface area (Å²) in [5.41, 5.74) is 12.1. The molecule has 4 rings (SSSR count). The first-order chi connectivity index (χ1) is 16.3. The summed E-state index contributed by atoms with van der Waals surface area (Å²) in [4.78, 5) is 24.5. The van der Waals surface area contributed by atoms with Gasteiger partial charge < -0.3 is 26.3 Å². The molecule has 0 radical (unpaired) electrons. The van der Waals surface area contributed by atoms with Crippen molar-refractivity contribution in [2.45, 2.75) is 19.0 Å². The van der Waals surface area contributed by atoms with Crippen LogP contribution in [-0.4, -0.2) is 41.9 Å². The van der Waals surface area contributed by atoms with Gasteiger partial charge in [0.1, 0.15) is 34.5 Å². The van der Waals surface area contributed by atoms with Crippen molar-refractivity contribution in [1.29, 1.82) is 0 Å². The number of hydrogen-bond acceptors (Lipinski definition) is 6. The van der Waals surface area contributed by atoms with Crippen molar-refractivity contribution in [1.82, 2.24) is 15.1 Å². The van der Waals surface area contributed by atoms with Crippen LogP contribution < -0.4 is 21.5 Å².